The minimum absolute atomic E-state index is 0.286. The molecule has 0 fully saturated rings. The van der Waals surface area contributed by atoms with Gasteiger partial charge in [0.2, 0.25) is 0 Å². The largest absolute Gasteiger partial charge is 0.282 e. The van der Waals surface area contributed by atoms with Gasteiger partial charge in [-0.3, -0.25) is 5.10 Å². The van der Waals surface area contributed by atoms with Crippen molar-refractivity contribution in [2.45, 2.75) is 17.1 Å². The van der Waals surface area contributed by atoms with Crippen molar-refractivity contribution in [2.75, 3.05) is 13.6 Å². The lowest BCUT2D eigenvalue weighted by Crippen LogP contribution is -2.27. The van der Waals surface area contributed by atoms with Crippen molar-refractivity contribution in [1.82, 2.24) is 14.5 Å². The average molecular weight is 458 g/mol. The standard InChI is InChI=1S/C17H17BrFN3O2S2/c1-22(26(23,24)17-9-8-16(18)25-17)10-2-3-14-11-15(21-20-14)12-4-6-13(19)7-5-12/h4-9,11H,2-3,10H2,1H3,(H,20,21). The normalized spacial score (nSPS) is 12.0. The summed E-state index contributed by atoms with van der Waals surface area (Å²) >= 11 is 4.49. The fourth-order valence-corrected chi connectivity index (χ4v) is 5.89. The molecule has 0 aliphatic carbocycles. The number of aryl methyl sites for hydroxylation is 1. The number of halogens is 2. The van der Waals surface area contributed by atoms with Crippen LogP contribution in [0.25, 0.3) is 11.3 Å². The second kappa shape index (κ2) is 7.99. The van der Waals surface area contributed by atoms with Gasteiger partial charge in [-0.15, -0.1) is 11.3 Å². The Morgan fingerprint density at radius 3 is 2.62 bits per heavy atom. The van der Waals surface area contributed by atoms with E-state index in [1.807, 2.05) is 6.07 Å². The lowest BCUT2D eigenvalue weighted by Gasteiger charge is -2.15. The number of sulfonamides is 1. The number of nitrogens with zero attached hydrogens (tertiary/aromatic N) is 2. The van der Waals surface area contributed by atoms with Crippen molar-refractivity contribution in [1.29, 1.82) is 0 Å². The highest BCUT2D eigenvalue weighted by Gasteiger charge is 2.22. The van der Waals surface area contributed by atoms with Crippen molar-refractivity contribution in [3.8, 4) is 11.3 Å². The Labute approximate surface area is 164 Å². The minimum atomic E-state index is -3.45. The predicted octanol–water partition coefficient (Wildman–Crippen LogP) is 4.29. The van der Waals surface area contributed by atoms with Crippen molar-refractivity contribution in [2.24, 2.45) is 0 Å². The summed E-state index contributed by atoms with van der Waals surface area (Å²) < 4.78 is 40.4. The summed E-state index contributed by atoms with van der Waals surface area (Å²) in [5, 5.41) is 7.18. The SMILES string of the molecule is CN(CCCc1cc(-c2ccc(F)cc2)n[nH]1)S(=O)(=O)c1ccc(Br)s1. The lowest BCUT2D eigenvalue weighted by molar-refractivity contribution is 0.462. The first-order chi connectivity index (χ1) is 12.4. The zero-order chi connectivity index (χ0) is 18.7. The third-order valence-corrected chi connectivity index (χ3v) is 7.85. The molecule has 0 aliphatic rings. The number of H-pyrrole nitrogens is 1. The van der Waals surface area contributed by atoms with Crippen LogP contribution in [-0.4, -0.2) is 36.5 Å². The molecule has 0 saturated carbocycles. The summed E-state index contributed by atoms with van der Waals surface area (Å²) in [4.78, 5) is 0. The summed E-state index contributed by atoms with van der Waals surface area (Å²) in [5.41, 5.74) is 2.48. The second-order valence-electron chi connectivity index (χ2n) is 5.77. The van der Waals surface area contributed by atoms with Gasteiger partial charge >= 0.3 is 0 Å². The molecule has 2 aromatic heterocycles. The topological polar surface area (TPSA) is 66.1 Å². The number of nitrogens with one attached hydrogen (secondary N) is 1. The van der Waals surface area contributed by atoms with E-state index in [0.29, 0.717) is 23.6 Å². The highest BCUT2D eigenvalue weighted by Crippen LogP contribution is 2.28. The second-order valence-corrected chi connectivity index (χ2v) is 10.5. The first-order valence-electron chi connectivity index (χ1n) is 7.88. The van der Waals surface area contributed by atoms with Crippen LogP contribution in [0, 0.1) is 5.82 Å². The van der Waals surface area contributed by atoms with E-state index in [4.69, 9.17) is 0 Å². The van der Waals surface area contributed by atoms with Crippen LogP contribution in [-0.2, 0) is 16.4 Å². The first-order valence-corrected chi connectivity index (χ1v) is 10.9. The molecule has 0 spiro atoms. The number of hydrogen-bond donors (Lipinski definition) is 1. The summed E-state index contributed by atoms with van der Waals surface area (Å²) in [5.74, 6) is -0.286. The molecule has 0 saturated heterocycles. The number of thiophene rings is 1. The zero-order valence-electron chi connectivity index (χ0n) is 13.9. The number of aromatic nitrogens is 2. The molecule has 0 radical (unpaired) electrons. The van der Waals surface area contributed by atoms with Gasteiger partial charge in [0.05, 0.1) is 9.48 Å². The molecular weight excluding hydrogens is 441 g/mol. The molecule has 3 aromatic rings. The van der Waals surface area contributed by atoms with Gasteiger partial charge in [-0.05, 0) is 71.2 Å². The maximum absolute atomic E-state index is 13.0. The maximum atomic E-state index is 13.0. The van der Waals surface area contributed by atoms with Gasteiger partial charge in [0.1, 0.15) is 10.0 Å². The van der Waals surface area contributed by atoms with Crippen LogP contribution in [0.4, 0.5) is 4.39 Å². The van der Waals surface area contributed by atoms with Gasteiger partial charge in [-0.1, -0.05) is 0 Å². The molecule has 1 aromatic carbocycles. The molecule has 9 heteroatoms. The van der Waals surface area contributed by atoms with Gasteiger partial charge in [0.15, 0.2) is 0 Å². The zero-order valence-corrected chi connectivity index (χ0v) is 17.2. The van der Waals surface area contributed by atoms with Crippen LogP contribution in [0.1, 0.15) is 12.1 Å². The number of rotatable bonds is 7. The summed E-state index contributed by atoms with van der Waals surface area (Å²) in [7, 11) is -1.87. The van der Waals surface area contributed by atoms with E-state index >= 15 is 0 Å². The Kier molecular flexibility index (Phi) is 5.91. The van der Waals surface area contributed by atoms with E-state index < -0.39 is 10.0 Å². The van der Waals surface area contributed by atoms with Crippen molar-refractivity contribution >= 4 is 37.3 Å². The lowest BCUT2D eigenvalue weighted by atomic mass is 10.1. The highest BCUT2D eigenvalue weighted by molar-refractivity contribution is 9.11. The molecule has 138 valence electrons. The van der Waals surface area contributed by atoms with Gasteiger partial charge < -0.3 is 0 Å². The Morgan fingerprint density at radius 2 is 1.96 bits per heavy atom. The van der Waals surface area contributed by atoms with Crippen molar-refractivity contribution in [3.63, 3.8) is 0 Å². The van der Waals surface area contributed by atoms with Crippen LogP contribution in [0.3, 0.4) is 0 Å². The molecule has 1 N–H and O–H groups in total. The first kappa shape index (κ1) is 19.2. The molecule has 0 atom stereocenters. The monoisotopic (exact) mass is 457 g/mol. The van der Waals surface area contributed by atoms with Crippen LogP contribution in [0.5, 0.6) is 0 Å². The Balaban J connectivity index is 1.57. The molecule has 0 unspecified atom stereocenters. The summed E-state index contributed by atoms with van der Waals surface area (Å²) in [6.07, 6.45) is 1.33. The molecule has 26 heavy (non-hydrogen) atoms. The molecule has 2 heterocycles. The van der Waals surface area contributed by atoms with Crippen molar-refractivity contribution < 1.29 is 12.8 Å². The Bertz CT molecular complexity index is 984. The van der Waals surface area contributed by atoms with Gasteiger partial charge in [0, 0.05) is 24.8 Å². The molecule has 3 rings (SSSR count). The van der Waals surface area contributed by atoms with Crippen LogP contribution < -0.4 is 0 Å². The minimum Gasteiger partial charge on any atom is -0.282 e. The fourth-order valence-electron chi connectivity index (χ4n) is 2.46. The van der Waals surface area contributed by atoms with Gasteiger partial charge in [-0.25, -0.2) is 17.1 Å². The highest BCUT2D eigenvalue weighted by atomic mass is 79.9. The van der Waals surface area contributed by atoms with Gasteiger partial charge in [0.25, 0.3) is 10.0 Å². The smallest absolute Gasteiger partial charge is 0.252 e. The quantitative estimate of drug-likeness (QED) is 0.575. The third kappa shape index (κ3) is 4.40. The van der Waals surface area contributed by atoms with Crippen LogP contribution >= 0.6 is 27.3 Å². The van der Waals surface area contributed by atoms with E-state index in [2.05, 4.69) is 26.1 Å². The molecule has 0 aliphatic heterocycles. The Morgan fingerprint density at radius 1 is 1.23 bits per heavy atom. The number of benzene rings is 1. The molecule has 0 amide bonds. The molecular formula is C17H17BrFN3O2S2. The molecule has 5 nitrogen and oxygen atoms in total. The summed E-state index contributed by atoms with van der Waals surface area (Å²) in [6, 6.07) is 11.4. The van der Waals surface area contributed by atoms with E-state index in [0.717, 1.165) is 20.7 Å². The van der Waals surface area contributed by atoms with Crippen LogP contribution in [0.2, 0.25) is 0 Å². The van der Waals surface area contributed by atoms with E-state index in [1.165, 1.54) is 27.8 Å². The van der Waals surface area contributed by atoms with Gasteiger partial charge in [-0.2, -0.15) is 5.10 Å². The fraction of sp³-hybridized carbons (Fsp3) is 0.235. The Hall–Kier alpha value is -1.55. The van der Waals surface area contributed by atoms with E-state index in [9.17, 15) is 12.8 Å². The number of hydrogen-bond acceptors (Lipinski definition) is 4. The number of aromatic amines is 1. The maximum Gasteiger partial charge on any atom is 0.252 e. The van der Waals surface area contributed by atoms with Crippen LogP contribution in [0.15, 0.2) is 50.5 Å². The predicted molar refractivity (Wildman–Crippen MR) is 104 cm³/mol. The third-order valence-electron chi connectivity index (χ3n) is 3.90. The van der Waals surface area contributed by atoms with E-state index in [-0.39, 0.29) is 5.82 Å². The van der Waals surface area contributed by atoms with Crippen molar-refractivity contribution in [3.05, 3.63) is 57.8 Å². The average Bonchev–Trinajstić information content (AvgIpc) is 3.25. The van der Waals surface area contributed by atoms with E-state index in [1.54, 1.807) is 31.3 Å². The molecule has 0 bridgehead atoms. The summed E-state index contributed by atoms with van der Waals surface area (Å²) in [6.45, 7) is 0.406.